The minimum absolute atomic E-state index is 0.133. The van der Waals surface area contributed by atoms with Gasteiger partial charge in [0.2, 0.25) is 17.6 Å². The van der Waals surface area contributed by atoms with E-state index < -0.39 is 35.0 Å². The highest BCUT2D eigenvalue weighted by atomic mass is 16.5. The summed E-state index contributed by atoms with van der Waals surface area (Å²) in [6, 6.07) is 22.0. The fourth-order valence-corrected chi connectivity index (χ4v) is 8.50. The molecular formula is C39H35NO7. The second-order valence-electron chi connectivity index (χ2n) is 12.7. The number of ether oxygens (including phenoxy) is 2. The van der Waals surface area contributed by atoms with Crippen LogP contribution in [0.15, 0.2) is 96.6 Å². The van der Waals surface area contributed by atoms with Crippen LogP contribution in [0.1, 0.15) is 29.5 Å². The largest absolute Gasteiger partial charge is 0.502 e. The predicted molar refractivity (Wildman–Crippen MR) is 175 cm³/mol. The number of methoxy groups -OCH3 is 2. The normalized spacial score (nSPS) is 28.4. The van der Waals surface area contributed by atoms with Crippen molar-refractivity contribution in [1.29, 1.82) is 0 Å². The summed E-state index contributed by atoms with van der Waals surface area (Å²) < 4.78 is 10.8. The number of fused-ring (bicyclic) bond motifs is 4. The molecule has 1 saturated heterocycles. The zero-order valence-corrected chi connectivity index (χ0v) is 26.4. The van der Waals surface area contributed by atoms with Gasteiger partial charge in [0.05, 0.1) is 31.5 Å². The summed E-state index contributed by atoms with van der Waals surface area (Å²) in [5.41, 5.74) is 1.97. The smallest absolute Gasteiger partial charge is 0.233 e. The Bertz CT molecular complexity index is 1870. The van der Waals surface area contributed by atoms with Crippen LogP contribution in [-0.4, -0.2) is 54.7 Å². The summed E-state index contributed by atoms with van der Waals surface area (Å²) in [5.74, 6) is -3.43. The molecule has 0 radical (unpaired) electrons. The van der Waals surface area contributed by atoms with E-state index in [2.05, 4.69) is 0 Å². The molecule has 4 aliphatic rings. The molecule has 7 rings (SSSR count). The molecule has 6 unspecified atom stereocenters. The first kappa shape index (κ1) is 30.4. The van der Waals surface area contributed by atoms with Crippen molar-refractivity contribution in [2.75, 3.05) is 21.3 Å². The van der Waals surface area contributed by atoms with Crippen molar-refractivity contribution in [2.24, 2.45) is 29.6 Å². The van der Waals surface area contributed by atoms with Crippen molar-refractivity contribution >= 4 is 35.0 Å². The minimum Gasteiger partial charge on any atom is -0.502 e. The molecule has 3 aromatic rings. The highest BCUT2D eigenvalue weighted by molar-refractivity contribution is 6.31. The van der Waals surface area contributed by atoms with Gasteiger partial charge in [0.15, 0.2) is 23.1 Å². The third kappa shape index (κ3) is 4.49. The van der Waals surface area contributed by atoms with Crippen LogP contribution in [0, 0.1) is 29.6 Å². The number of carbonyl (C=O) groups excluding carboxylic acids is 4. The van der Waals surface area contributed by atoms with Gasteiger partial charge in [0, 0.05) is 24.5 Å². The van der Waals surface area contributed by atoms with Crippen molar-refractivity contribution in [2.45, 2.75) is 18.3 Å². The summed E-state index contributed by atoms with van der Waals surface area (Å²) in [5, 5.41) is 10.5. The molecule has 238 valence electrons. The number of nitrogens with zero attached hydrogens (tertiary/aromatic N) is 1. The van der Waals surface area contributed by atoms with Crippen molar-refractivity contribution < 1.29 is 33.8 Å². The molecule has 3 aliphatic carbocycles. The number of aromatic hydroxyl groups is 1. The number of carbonyl (C=O) groups is 4. The van der Waals surface area contributed by atoms with E-state index in [0.29, 0.717) is 23.1 Å². The van der Waals surface area contributed by atoms with Gasteiger partial charge in [0.25, 0.3) is 0 Å². The van der Waals surface area contributed by atoms with Crippen molar-refractivity contribution in [3.05, 3.63) is 113 Å². The van der Waals surface area contributed by atoms with Gasteiger partial charge in [-0.3, -0.25) is 24.1 Å². The van der Waals surface area contributed by atoms with E-state index in [1.54, 1.807) is 12.1 Å². The van der Waals surface area contributed by atoms with E-state index >= 15 is 0 Å². The van der Waals surface area contributed by atoms with Crippen LogP contribution in [0.4, 0.5) is 0 Å². The predicted octanol–water partition coefficient (Wildman–Crippen LogP) is 5.41. The van der Waals surface area contributed by atoms with Crippen LogP contribution in [0.5, 0.6) is 17.2 Å². The standard InChI is InChI=1S/C39H35NO7/c1-40-37(44)26-16-15-25-28(34(26)38(40)45)20-30-35(42)27(23-10-6-4-7-11-23)21-33(41)39(30,24-12-8-5-9-13-24)29(25)17-14-22-18-31(46-2)36(43)32(19-22)47-3/h4-15,17-19,21,26,28-30,34,43H,16,20H2,1-3H3. The lowest BCUT2D eigenvalue weighted by molar-refractivity contribution is -0.139. The molecule has 8 nitrogen and oxygen atoms in total. The molecule has 0 bridgehead atoms. The number of imide groups is 1. The number of amides is 2. The molecule has 1 aliphatic heterocycles. The average Bonchev–Trinajstić information content (AvgIpc) is 3.32. The van der Waals surface area contributed by atoms with Crippen LogP contribution in [0.25, 0.3) is 11.6 Å². The zero-order valence-electron chi connectivity index (χ0n) is 26.4. The number of benzene rings is 3. The fraction of sp³-hybridized carbons (Fsp3) is 0.282. The lowest BCUT2D eigenvalue weighted by atomic mass is 9.45. The molecule has 3 aromatic carbocycles. The van der Waals surface area contributed by atoms with Crippen LogP contribution in [-0.2, 0) is 24.6 Å². The van der Waals surface area contributed by atoms with E-state index in [4.69, 9.17) is 9.47 Å². The Morgan fingerprint density at radius 3 is 2.15 bits per heavy atom. The Kier molecular flexibility index (Phi) is 7.46. The van der Waals surface area contributed by atoms with Crippen molar-refractivity contribution in [3.63, 3.8) is 0 Å². The van der Waals surface area contributed by atoms with Gasteiger partial charge in [0.1, 0.15) is 0 Å². The Labute approximate surface area is 273 Å². The number of allylic oxidation sites excluding steroid dienone is 5. The molecule has 1 heterocycles. The Hall–Kier alpha value is -5.24. The van der Waals surface area contributed by atoms with E-state index in [1.165, 1.54) is 32.2 Å². The van der Waals surface area contributed by atoms with E-state index in [-0.39, 0.29) is 47.1 Å². The van der Waals surface area contributed by atoms with E-state index in [1.807, 2.05) is 78.9 Å². The highest BCUT2D eigenvalue weighted by Crippen LogP contribution is 2.61. The van der Waals surface area contributed by atoms with Crippen LogP contribution >= 0.6 is 0 Å². The van der Waals surface area contributed by atoms with Gasteiger partial charge >= 0.3 is 0 Å². The van der Waals surface area contributed by atoms with Gasteiger partial charge in [-0.1, -0.05) is 84.5 Å². The summed E-state index contributed by atoms with van der Waals surface area (Å²) in [6.07, 6.45) is 7.93. The summed E-state index contributed by atoms with van der Waals surface area (Å²) >= 11 is 0. The first-order chi connectivity index (χ1) is 22.7. The van der Waals surface area contributed by atoms with Crippen molar-refractivity contribution in [3.8, 4) is 17.2 Å². The topological polar surface area (TPSA) is 110 Å². The fourth-order valence-electron chi connectivity index (χ4n) is 8.50. The number of Topliss-reactive ketones (excluding diaryl/α,β-unsaturated/α-hetero) is 1. The molecule has 2 amide bonds. The maximum Gasteiger partial charge on any atom is 0.233 e. The lowest BCUT2D eigenvalue weighted by Crippen LogP contribution is -2.59. The van der Waals surface area contributed by atoms with Crippen LogP contribution in [0.3, 0.4) is 0 Å². The van der Waals surface area contributed by atoms with Gasteiger partial charge in [-0.25, -0.2) is 0 Å². The number of hydrogen-bond donors (Lipinski definition) is 1. The maximum atomic E-state index is 14.9. The quantitative estimate of drug-likeness (QED) is 0.287. The first-order valence-corrected chi connectivity index (χ1v) is 15.8. The Morgan fingerprint density at radius 1 is 0.872 bits per heavy atom. The second kappa shape index (κ2) is 11.5. The SMILES string of the molecule is COc1cc(C=CC2C3=CCC4C(=O)N(C)C(=O)C4C3CC3C(=O)C(c4ccccc4)=CC(=O)C23c2ccccc2)cc(OC)c1O. The molecule has 1 saturated carbocycles. The third-order valence-corrected chi connectivity index (χ3v) is 10.6. The van der Waals surface area contributed by atoms with Crippen LogP contribution < -0.4 is 9.47 Å². The number of phenolic OH excluding ortho intramolecular Hbond substituents is 1. The zero-order chi connectivity index (χ0) is 33.0. The Balaban J connectivity index is 1.47. The van der Waals surface area contributed by atoms with Crippen molar-refractivity contribution in [1.82, 2.24) is 4.90 Å². The molecule has 8 heteroatoms. The molecular weight excluding hydrogens is 594 g/mol. The number of phenols is 1. The molecule has 0 spiro atoms. The Morgan fingerprint density at radius 2 is 1.51 bits per heavy atom. The number of ketones is 2. The maximum absolute atomic E-state index is 14.9. The van der Waals surface area contributed by atoms with Gasteiger partial charge in [-0.2, -0.15) is 0 Å². The molecule has 1 N–H and O–H groups in total. The molecule has 47 heavy (non-hydrogen) atoms. The average molecular weight is 630 g/mol. The minimum atomic E-state index is -1.30. The molecule has 6 atom stereocenters. The van der Waals surface area contributed by atoms with Gasteiger partial charge < -0.3 is 14.6 Å². The number of rotatable bonds is 6. The lowest BCUT2D eigenvalue weighted by Gasteiger charge is -2.54. The summed E-state index contributed by atoms with van der Waals surface area (Å²) in [6.45, 7) is 0. The van der Waals surface area contributed by atoms with E-state index in [0.717, 1.165) is 11.1 Å². The monoisotopic (exact) mass is 629 g/mol. The number of likely N-dealkylation sites (tertiary alicyclic amines) is 1. The van der Waals surface area contributed by atoms with Gasteiger partial charge in [-0.15, -0.1) is 0 Å². The first-order valence-electron chi connectivity index (χ1n) is 15.8. The second-order valence-corrected chi connectivity index (χ2v) is 12.7. The summed E-state index contributed by atoms with van der Waals surface area (Å²) in [4.78, 5) is 57.8. The highest BCUT2D eigenvalue weighted by Gasteiger charge is 2.64. The summed E-state index contributed by atoms with van der Waals surface area (Å²) in [7, 11) is 4.42. The van der Waals surface area contributed by atoms with Crippen LogP contribution in [0.2, 0.25) is 0 Å². The molecule has 2 fully saturated rings. The molecule has 0 aromatic heterocycles. The van der Waals surface area contributed by atoms with E-state index in [9.17, 15) is 24.3 Å². The number of hydrogen-bond acceptors (Lipinski definition) is 7. The van der Waals surface area contributed by atoms with Gasteiger partial charge in [-0.05, 0) is 53.7 Å². The third-order valence-electron chi connectivity index (χ3n) is 10.6.